The highest BCUT2D eigenvalue weighted by Gasteiger charge is 2.25. The minimum Gasteiger partial charge on any atom is -0.326 e. The van der Waals surface area contributed by atoms with Crippen LogP contribution in [0.25, 0.3) is 0 Å². The van der Waals surface area contributed by atoms with Gasteiger partial charge in [-0.25, -0.2) is 0 Å². The maximum atomic E-state index is 5.60. The van der Waals surface area contributed by atoms with Gasteiger partial charge in [-0.1, -0.05) is 24.3 Å². The molecule has 1 radical (unpaired) electrons. The summed E-state index contributed by atoms with van der Waals surface area (Å²) >= 11 is 0. The number of hydrogen-bond donors (Lipinski definition) is 1. The molecule has 57 valence electrons. The van der Waals surface area contributed by atoms with Gasteiger partial charge in [-0.15, -0.1) is 0 Å². The topological polar surface area (TPSA) is 26.0 Å². The molecule has 0 heterocycles. The van der Waals surface area contributed by atoms with Crippen LogP contribution in [0.2, 0.25) is 0 Å². The molecule has 2 N–H and O–H groups in total. The Balaban J connectivity index is 2.34. The van der Waals surface area contributed by atoms with E-state index in [0.29, 0.717) is 12.5 Å². The third-order valence-corrected chi connectivity index (χ3v) is 2.15. The zero-order valence-electron chi connectivity index (χ0n) is 6.46. The van der Waals surface area contributed by atoms with E-state index in [9.17, 15) is 0 Å². The van der Waals surface area contributed by atoms with Crippen molar-refractivity contribution in [1.29, 1.82) is 0 Å². The molecule has 1 saturated carbocycles. The van der Waals surface area contributed by atoms with Crippen molar-refractivity contribution in [3.8, 4) is 0 Å². The molecule has 0 saturated heterocycles. The standard InChI is InChI=1S/C10H12N/c11-7-9-3-1-2-4-10(9)8-5-6-8/h1-5,8H,6-7,11H2. The predicted octanol–water partition coefficient (Wildman–Crippen LogP) is 1.84. The van der Waals surface area contributed by atoms with E-state index in [1.165, 1.54) is 17.5 Å². The zero-order valence-corrected chi connectivity index (χ0v) is 6.46. The summed E-state index contributed by atoms with van der Waals surface area (Å²) in [6.07, 6.45) is 3.55. The van der Waals surface area contributed by atoms with E-state index in [1.807, 2.05) is 6.07 Å². The fourth-order valence-electron chi connectivity index (χ4n) is 1.40. The summed E-state index contributed by atoms with van der Waals surface area (Å²) in [7, 11) is 0. The Kier molecular flexibility index (Phi) is 1.66. The lowest BCUT2D eigenvalue weighted by atomic mass is 10.0. The monoisotopic (exact) mass is 146 g/mol. The van der Waals surface area contributed by atoms with E-state index >= 15 is 0 Å². The van der Waals surface area contributed by atoms with Crippen molar-refractivity contribution in [2.75, 3.05) is 0 Å². The number of hydrogen-bond acceptors (Lipinski definition) is 1. The molecule has 1 unspecified atom stereocenters. The number of nitrogens with two attached hydrogens (primary N) is 1. The summed E-state index contributed by atoms with van der Waals surface area (Å²) in [5, 5.41) is 0. The Morgan fingerprint density at radius 2 is 2.09 bits per heavy atom. The quantitative estimate of drug-likeness (QED) is 0.677. The summed E-state index contributed by atoms with van der Waals surface area (Å²) in [6, 6.07) is 8.42. The number of benzene rings is 1. The van der Waals surface area contributed by atoms with Crippen LogP contribution in [0.4, 0.5) is 0 Å². The average Bonchev–Trinajstić information content (AvgIpc) is 2.87. The highest BCUT2D eigenvalue weighted by molar-refractivity contribution is 5.36. The van der Waals surface area contributed by atoms with Gasteiger partial charge in [-0.05, 0) is 29.9 Å². The van der Waals surface area contributed by atoms with Crippen LogP contribution < -0.4 is 5.73 Å². The van der Waals surface area contributed by atoms with Gasteiger partial charge in [0.1, 0.15) is 0 Å². The maximum Gasteiger partial charge on any atom is 0.0180 e. The van der Waals surface area contributed by atoms with Crippen molar-refractivity contribution in [1.82, 2.24) is 0 Å². The Morgan fingerprint density at radius 3 is 2.73 bits per heavy atom. The van der Waals surface area contributed by atoms with Gasteiger partial charge in [0.05, 0.1) is 0 Å². The Labute approximate surface area is 67.2 Å². The SMILES string of the molecule is NCc1ccccc1C1[CH]C1. The van der Waals surface area contributed by atoms with Gasteiger partial charge in [-0.3, -0.25) is 0 Å². The summed E-state index contributed by atoms with van der Waals surface area (Å²) in [5.74, 6) is 0.703. The second kappa shape index (κ2) is 2.67. The molecule has 0 spiro atoms. The summed E-state index contributed by atoms with van der Waals surface area (Å²) in [6.45, 7) is 0.667. The normalized spacial score (nSPS) is 16.8. The zero-order chi connectivity index (χ0) is 7.68. The van der Waals surface area contributed by atoms with Crippen LogP contribution in [-0.2, 0) is 6.54 Å². The molecule has 1 fully saturated rings. The highest BCUT2D eigenvalue weighted by atomic mass is 14.5. The highest BCUT2D eigenvalue weighted by Crippen LogP contribution is 2.40. The minimum absolute atomic E-state index is 0.667. The lowest BCUT2D eigenvalue weighted by Crippen LogP contribution is -1.99. The van der Waals surface area contributed by atoms with Crippen LogP contribution in [0.5, 0.6) is 0 Å². The van der Waals surface area contributed by atoms with Crippen LogP contribution in [0.15, 0.2) is 24.3 Å². The molecule has 1 aliphatic carbocycles. The van der Waals surface area contributed by atoms with Gasteiger partial charge in [0.25, 0.3) is 0 Å². The van der Waals surface area contributed by atoms with Crippen LogP contribution in [0, 0.1) is 6.42 Å². The Bertz CT molecular complexity index is 251. The fraction of sp³-hybridized carbons (Fsp3) is 0.300. The van der Waals surface area contributed by atoms with Crippen LogP contribution in [-0.4, -0.2) is 0 Å². The van der Waals surface area contributed by atoms with E-state index < -0.39 is 0 Å². The first-order valence-corrected chi connectivity index (χ1v) is 4.03. The number of rotatable bonds is 2. The lowest BCUT2D eigenvalue weighted by molar-refractivity contribution is 1.01. The summed E-state index contributed by atoms with van der Waals surface area (Å²) in [4.78, 5) is 0. The molecule has 0 aliphatic heterocycles. The Morgan fingerprint density at radius 1 is 1.36 bits per heavy atom. The summed E-state index contributed by atoms with van der Waals surface area (Å²) in [5.41, 5.74) is 8.33. The van der Waals surface area contributed by atoms with E-state index in [2.05, 4.69) is 24.6 Å². The second-order valence-corrected chi connectivity index (χ2v) is 2.98. The largest absolute Gasteiger partial charge is 0.326 e. The molecule has 1 aromatic rings. The van der Waals surface area contributed by atoms with E-state index in [-0.39, 0.29) is 0 Å². The molecule has 0 amide bonds. The van der Waals surface area contributed by atoms with Crippen molar-refractivity contribution in [3.63, 3.8) is 0 Å². The summed E-state index contributed by atoms with van der Waals surface area (Å²) < 4.78 is 0. The van der Waals surface area contributed by atoms with Gasteiger partial charge in [-0.2, -0.15) is 0 Å². The van der Waals surface area contributed by atoms with Gasteiger partial charge in [0, 0.05) is 6.54 Å². The third-order valence-electron chi connectivity index (χ3n) is 2.15. The molecule has 1 aromatic carbocycles. The maximum absolute atomic E-state index is 5.60. The predicted molar refractivity (Wildman–Crippen MR) is 46.0 cm³/mol. The lowest BCUT2D eigenvalue weighted by Gasteiger charge is -2.04. The first-order chi connectivity index (χ1) is 5.42. The van der Waals surface area contributed by atoms with Gasteiger partial charge < -0.3 is 5.73 Å². The van der Waals surface area contributed by atoms with Gasteiger partial charge >= 0.3 is 0 Å². The van der Waals surface area contributed by atoms with E-state index in [0.717, 1.165) is 0 Å². The molecule has 1 aliphatic rings. The molecular formula is C10H12N. The molecule has 11 heavy (non-hydrogen) atoms. The molecule has 0 aromatic heterocycles. The molecule has 1 atom stereocenters. The van der Waals surface area contributed by atoms with Crippen LogP contribution >= 0.6 is 0 Å². The molecule has 1 nitrogen and oxygen atoms in total. The smallest absolute Gasteiger partial charge is 0.0180 e. The first kappa shape index (κ1) is 6.86. The van der Waals surface area contributed by atoms with Crippen LogP contribution in [0.1, 0.15) is 23.5 Å². The second-order valence-electron chi connectivity index (χ2n) is 2.98. The average molecular weight is 146 g/mol. The van der Waals surface area contributed by atoms with Crippen LogP contribution in [0.3, 0.4) is 0 Å². The first-order valence-electron chi connectivity index (χ1n) is 4.03. The third kappa shape index (κ3) is 1.29. The minimum atomic E-state index is 0.667. The van der Waals surface area contributed by atoms with Crippen molar-refractivity contribution in [2.45, 2.75) is 18.9 Å². The molecular weight excluding hydrogens is 134 g/mol. The molecule has 2 rings (SSSR count). The van der Waals surface area contributed by atoms with Crippen molar-refractivity contribution < 1.29 is 0 Å². The Hall–Kier alpha value is -0.820. The molecule has 1 heteroatoms. The van der Waals surface area contributed by atoms with Gasteiger partial charge in [0.15, 0.2) is 0 Å². The van der Waals surface area contributed by atoms with E-state index in [1.54, 1.807) is 0 Å². The van der Waals surface area contributed by atoms with Gasteiger partial charge in [0.2, 0.25) is 0 Å². The van der Waals surface area contributed by atoms with Crippen molar-refractivity contribution in [2.24, 2.45) is 5.73 Å². The van der Waals surface area contributed by atoms with Crippen molar-refractivity contribution >= 4 is 0 Å². The fourth-order valence-corrected chi connectivity index (χ4v) is 1.40. The van der Waals surface area contributed by atoms with E-state index in [4.69, 9.17) is 5.73 Å². The van der Waals surface area contributed by atoms with Crippen molar-refractivity contribution in [3.05, 3.63) is 41.8 Å². The molecule has 0 bridgehead atoms.